The highest BCUT2D eigenvalue weighted by atomic mass is 16.2. The normalized spacial score (nSPS) is 15.4. The number of nitrogens with zero attached hydrogens (tertiary/aromatic N) is 3. The third-order valence-corrected chi connectivity index (χ3v) is 5.93. The van der Waals surface area contributed by atoms with Gasteiger partial charge in [0.2, 0.25) is 17.8 Å². The van der Waals surface area contributed by atoms with Gasteiger partial charge >= 0.3 is 0 Å². The van der Waals surface area contributed by atoms with Crippen LogP contribution in [0.3, 0.4) is 0 Å². The van der Waals surface area contributed by atoms with E-state index in [-0.39, 0.29) is 18.2 Å². The van der Waals surface area contributed by atoms with Crippen molar-refractivity contribution in [3.63, 3.8) is 0 Å². The number of amides is 2. The zero-order valence-electron chi connectivity index (χ0n) is 20.0. The fraction of sp³-hybridized carbons (Fsp3) is 0.333. The van der Waals surface area contributed by atoms with Gasteiger partial charge in [0.1, 0.15) is 0 Å². The van der Waals surface area contributed by atoms with Crippen molar-refractivity contribution in [1.29, 1.82) is 0 Å². The fourth-order valence-electron chi connectivity index (χ4n) is 4.19. The molecule has 1 fully saturated rings. The second-order valence-electron chi connectivity index (χ2n) is 8.84. The molecular formula is C27H31N5O2. The van der Waals surface area contributed by atoms with Gasteiger partial charge in [0, 0.05) is 41.4 Å². The van der Waals surface area contributed by atoms with E-state index in [0.29, 0.717) is 18.2 Å². The van der Waals surface area contributed by atoms with E-state index in [0.717, 1.165) is 42.0 Å². The maximum Gasteiger partial charge on any atom is 0.229 e. The van der Waals surface area contributed by atoms with E-state index >= 15 is 0 Å². The number of hydrogen-bond acceptors (Lipinski definition) is 5. The third kappa shape index (κ3) is 5.78. The SMILES string of the molecule is CCCCc1ccc(N2CC(C(=O)Nc3cccc(Nc4nc(C)cc(C)n4)c3)CC2=O)cc1. The van der Waals surface area contributed by atoms with E-state index in [1.807, 2.05) is 56.3 Å². The first-order chi connectivity index (χ1) is 16.4. The molecule has 0 bridgehead atoms. The van der Waals surface area contributed by atoms with Gasteiger partial charge in [0.25, 0.3) is 0 Å². The number of benzene rings is 2. The Kier molecular flexibility index (Phi) is 7.21. The van der Waals surface area contributed by atoms with Crippen LogP contribution in [0.15, 0.2) is 54.6 Å². The van der Waals surface area contributed by atoms with Gasteiger partial charge in [-0.05, 0) is 68.7 Å². The first-order valence-electron chi connectivity index (χ1n) is 11.8. The standard InChI is InChI=1S/C27H31N5O2/c1-4-5-7-20-10-12-24(13-11-20)32-17-21(15-25(32)33)26(34)30-22-8-6-9-23(16-22)31-27-28-18(2)14-19(3)29-27/h6,8-14,16,21H,4-5,7,15,17H2,1-3H3,(H,30,34)(H,28,29,31). The lowest BCUT2D eigenvalue weighted by molar-refractivity contribution is -0.122. The molecule has 1 aromatic heterocycles. The zero-order chi connectivity index (χ0) is 24.1. The van der Waals surface area contributed by atoms with Gasteiger partial charge in [-0.25, -0.2) is 9.97 Å². The van der Waals surface area contributed by atoms with Crippen LogP contribution in [-0.2, 0) is 16.0 Å². The highest BCUT2D eigenvalue weighted by molar-refractivity contribution is 6.03. The van der Waals surface area contributed by atoms with Crippen LogP contribution < -0.4 is 15.5 Å². The molecular weight excluding hydrogens is 426 g/mol. The smallest absolute Gasteiger partial charge is 0.229 e. The third-order valence-electron chi connectivity index (χ3n) is 5.93. The molecule has 34 heavy (non-hydrogen) atoms. The average Bonchev–Trinajstić information content (AvgIpc) is 3.19. The predicted molar refractivity (Wildman–Crippen MR) is 135 cm³/mol. The fourth-order valence-corrected chi connectivity index (χ4v) is 4.19. The van der Waals surface area contributed by atoms with Crippen molar-refractivity contribution in [2.75, 3.05) is 22.1 Å². The van der Waals surface area contributed by atoms with Gasteiger partial charge in [-0.3, -0.25) is 9.59 Å². The summed E-state index contributed by atoms with van der Waals surface area (Å²) in [6.07, 6.45) is 3.55. The molecule has 1 atom stereocenters. The number of nitrogens with one attached hydrogen (secondary N) is 2. The lowest BCUT2D eigenvalue weighted by Gasteiger charge is -2.17. The van der Waals surface area contributed by atoms with Crippen molar-refractivity contribution in [2.24, 2.45) is 5.92 Å². The van der Waals surface area contributed by atoms with Gasteiger partial charge < -0.3 is 15.5 Å². The number of unbranched alkanes of at least 4 members (excludes halogenated alkanes) is 1. The van der Waals surface area contributed by atoms with E-state index < -0.39 is 5.92 Å². The van der Waals surface area contributed by atoms with E-state index in [1.54, 1.807) is 4.90 Å². The molecule has 2 aromatic carbocycles. The van der Waals surface area contributed by atoms with E-state index in [9.17, 15) is 9.59 Å². The van der Waals surface area contributed by atoms with Crippen molar-refractivity contribution < 1.29 is 9.59 Å². The van der Waals surface area contributed by atoms with Gasteiger partial charge in [-0.15, -0.1) is 0 Å². The predicted octanol–water partition coefficient (Wildman–Crippen LogP) is 5.17. The Hall–Kier alpha value is -3.74. The number of carbonyl (C=O) groups excluding carboxylic acids is 2. The molecule has 1 aliphatic rings. The van der Waals surface area contributed by atoms with Gasteiger partial charge in [-0.1, -0.05) is 31.5 Å². The first-order valence-corrected chi connectivity index (χ1v) is 11.8. The summed E-state index contributed by atoms with van der Waals surface area (Å²) in [5.41, 5.74) is 5.31. The second-order valence-corrected chi connectivity index (χ2v) is 8.84. The van der Waals surface area contributed by atoms with Crippen molar-refractivity contribution in [3.05, 3.63) is 71.5 Å². The molecule has 2 N–H and O–H groups in total. The minimum Gasteiger partial charge on any atom is -0.326 e. The average molecular weight is 458 g/mol. The van der Waals surface area contributed by atoms with Crippen molar-refractivity contribution in [1.82, 2.24) is 9.97 Å². The Morgan fingerprint density at radius 3 is 2.44 bits per heavy atom. The van der Waals surface area contributed by atoms with Crippen LogP contribution in [0.25, 0.3) is 0 Å². The Labute approximate surface area is 200 Å². The summed E-state index contributed by atoms with van der Waals surface area (Å²) >= 11 is 0. The number of anilines is 4. The largest absolute Gasteiger partial charge is 0.326 e. The molecule has 2 amide bonds. The molecule has 176 valence electrons. The van der Waals surface area contributed by atoms with Gasteiger partial charge in [0.15, 0.2) is 0 Å². The molecule has 2 heterocycles. The maximum absolute atomic E-state index is 12.9. The monoisotopic (exact) mass is 457 g/mol. The highest BCUT2D eigenvalue weighted by Crippen LogP contribution is 2.27. The van der Waals surface area contributed by atoms with Crippen LogP contribution in [0.5, 0.6) is 0 Å². The second kappa shape index (κ2) is 10.5. The Balaban J connectivity index is 1.38. The summed E-state index contributed by atoms with van der Waals surface area (Å²) in [7, 11) is 0. The number of hydrogen-bond donors (Lipinski definition) is 2. The van der Waals surface area contributed by atoms with Crippen LogP contribution >= 0.6 is 0 Å². The molecule has 1 saturated heterocycles. The van der Waals surface area contributed by atoms with E-state index in [4.69, 9.17) is 0 Å². The summed E-state index contributed by atoms with van der Waals surface area (Å²) in [4.78, 5) is 36.1. The topological polar surface area (TPSA) is 87.2 Å². The minimum atomic E-state index is -0.397. The summed E-state index contributed by atoms with van der Waals surface area (Å²) in [5.74, 6) is -0.0654. The summed E-state index contributed by atoms with van der Waals surface area (Å²) in [5, 5.41) is 6.14. The Morgan fingerprint density at radius 2 is 1.74 bits per heavy atom. The van der Waals surface area contributed by atoms with Crippen LogP contribution in [0.4, 0.5) is 23.0 Å². The number of rotatable bonds is 8. The molecule has 4 rings (SSSR count). The molecule has 0 saturated carbocycles. The molecule has 3 aromatic rings. The molecule has 7 nitrogen and oxygen atoms in total. The van der Waals surface area contributed by atoms with Crippen LogP contribution in [0.1, 0.15) is 43.1 Å². The first kappa shape index (κ1) is 23.4. The van der Waals surface area contributed by atoms with E-state index in [1.165, 1.54) is 5.56 Å². The maximum atomic E-state index is 12.9. The molecule has 1 aliphatic heterocycles. The summed E-state index contributed by atoms with van der Waals surface area (Å²) in [6, 6.07) is 17.4. The Bertz CT molecular complexity index is 1160. The minimum absolute atomic E-state index is 0.0242. The summed E-state index contributed by atoms with van der Waals surface area (Å²) in [6.45, 7) is 6.40. The molecule has 0 aliphatic carbocycles. The number of aromatic nitrogens is 2. The lowest BCUT2D eigenvalue weighted by Crippen LogP contribution is -2.28. The molecule has 0 spiro atoms. The van der Waals surface area contributed by atoms with E-state index in [2.05, 4.69) is 39.7 Å². The van der Waals surface area contributed by atoms with Crippen molar-refractivity contribution >= 4 is 34.8 Å². The van der Waals surface area contributed by atoms with Crippen molar-refractivity contribution in [3.8, 4) is 0 Å². The highest BCUT2D eigenvalue weighted by Gasteiger charge is 2.35. The van der Waals surface area contributed by atoms with Crippen LogP contribution in [0, 0.1) is 19.8 Å². The summed E-state index contributed by atoms with van der Waals surface area (Å²) < 4.78 is 0. The quantitative estimate of drug-likeness (QED) is 0.487. The van der Waals surface area contributed by atoms with Crippen molar-refractivity contribution in [2.45, 2.75) is 46.5 Å². The van der Waals surface area contributed by atoms with Crippen LogP contribution in [-0.4, -0.2) is 28.3 Å². The molecule has 1 unspecified atom stereocenters. The van der Waals surface area contributed by atoms with Gasteiger partial charge in [-0.2, -0.15) is 0 Å². The van der Waals surface area contributed by atoms with Crippen LogP contribution in [0.2, 0.25) is 0 Å². The number of aryl methyl sites for hydroxylation is 3. The number of carbonyl (C=O) groups is 2. The molecule has 0 radical (unpaired) electrons. The molecule has 7 heteroatoms. The zero-order valence-corrected chi connectivity index (χ0v) is 20.0. The van der Waals surface area contributed by atoms with Gasteiger partial charge in [0.05, 0.1) is 5.92 Å². The Morgan fingerprint density at radius 1 is 1.03 bits per heavy atom. The lowest BCUT2D eigenvalue weighted by atomic mass is 10.1.